The minimum Gasteiger partial charge on any atom is -0.480 e. The van der Waals surface area contributed by atoms with Crippen LogP contribution < -0.4 is 0 Å². The molecule has 4 atom stereocenters. The molecule has 0 saturated carbocycles. The van der Waals surface area contributed by atoms with E-state index in [9.17, 15) is 33.0 Å². The van der Waals surface area contributed by atoms with Gasteiger partial charge in [-0.05, 0) is 26.3 Å². The summed E-state index contributed by atoms with van der Waals surface area (Å²) in [4.78, 5) is 39.2. The molecule has 1 aromatic rings. The SMILES string of the molecule is CCN(Cc1ccccc1)C(=O)[C@@H](O)[C@@H]1C(=O)N2[C@@H](C(=O)O)C(C)(C)S(=O)(=O)[C@H]12. The van der Waals surface area contributed by atoms with Crippen LogP contribution in [0.5, 0.6) is 0 Å². The molecule has 3 rings (SSSR count). The van der Waals surface area contributed by atoms with Crippen LogP contribution in [0.25, 0.3) is 0 Å². The van der Waals surface area contributed by atoms with Crippen LogP contribution in [0.15, 0.2) is 30.3 Å². The molecule has 0 aromatic heterocycles. The summed E-state index contributed by atoms with van der Waals surface area (Å²) < 4.78 is 24.1. The maximum absolute atomic E-state index is 12.9. The normalized spacial score (nSPS) is 27.7. The summed E-state index contributed by atoms with van der Waals surface area (Å²) in [6.45, 7) is 4.63. The summed E-state index contributed by atoms with van der Waals surface area (Å²) in [6.07, 6.45) is -1.87. The molecule has 2 fully saturated rings. The number of aliphatic hydroxyl groups is 1. The molecular formula is C19H24N2O7S. The lowest BCUT2D eigenvalue weighted by Gasteiger charge is -2.44. The Morgan fingerprint density at radius 1 is 1.24 bits per heavy atom. The maximum Gasteiger partial charge on any atom is 0.328 e. The molecule has 2 aliphatic heterocycles. The van der Waals surface area contributed by atoms with Crippen LogP contribution in [-0.4, -0.2) is 75.0 Å². The molecule has 9 nitrogen and oxygen atoms in total. The first-order chi connectivity index (χ1) is 13.5. The van der Waals surface area contributed by atoms with Crippen LogP contribution in [0.2, 0.25) is 0 Å². The van der Waals surface area contributed by atoms with Gasteiger partial charge in [-0.25, -0.2) is 13.2 Å². The first kappa shape index (κ1) is 21.3. The first-order valence-electron chi connectivity index (χ1n) is 9.26. The monoisotopic (exact) mass is 424 g/mol. The highest BCUT2D eigenvalue weighted by Crippen LogP contribution is 2.49. The summed E-state index contributed by atoms with van der Waals surface area (Å²) in [5.41, 5.74) is 0.817. The van der Waals surface area contributed by atoms with Crippen LogP contribution in [0.3, 0.4) is 0 Å². The quantitative estimate of drug-likeness (QED) is 0.607. The number of rotatable bonds is 6. The average molecular weight is 424 g/mol. The smallest absolute Gasteiger partial charge is 0.328 e. The Hall–Kier alpha value is -2.46. The van der Waals surface area contributed by atoms with Gasteiger partial charge in [-0.1, -0.05) is 30.3 Å². The van der Waals surface area contributed by atoms with Gasteiger partial charge in [0, 0.05) is 13.1 Å². The van der Waals surface area contributed by atoms with E-state index in [0.29, 0.717) is 0 Å². The molecule has 2 heterocycles. The van der Waals surface area contributed by atoms with Gasteiger partial charge in [0.05, 0.1) is 4.75 Å². The van der Waals surface area contributed by atoms with Crippen molar-refractivity contribution in [3.8, 4) is 0 Å². The van der Waals surface area contributed by atoms with Gasteiger partial charge in [-0.2, -0.15) is 0 Å². The van der Waals surface area contributed by atoms with E-state index in [1.165, 1.54) is 18.7 Å². The molecule has 10 heteroatoms. The summed E-state index contributed by atoms with van der Waals surface area (Å²) in [5, 5.41) is 18.5. The van der Waals surface area contributed by atoms with Crippen molar-refractivity contribution in [1.29, 1.82) is 0 Å². The standard InChI is InChI=1S/C19H24N2O7S/c1-4-20(10-11-8-6-5-7-9-11)16(24)13(22)12-15(23)21-14(18(25)26)19(2,3)29(27,28)17(12)21/h5-9,12-14,17,22H,4,10H2,1-3H3,(H,25,26)/t12-,13+,14+,17-/m1/s1. The van der Waals surface area contributed by atoms with Crippen molar-refractivity contribution in [2.24, 2.45) is 5.92 Å². The number of aliphatic carboxylic acids is 1. The lowest BCUT2D eigenvalue weighted by molar-refractivity contribution is -0.173. The number of carboxylic acids is 1. The second-order valence-electron chi connectivity index (χ2n) is 7.83. The van der Waals surface area contributed by atoms with Crippen LogP contribution in [0.4, 0.5) is 0 Å². The summed E-state index contributed by atoms with van der Waals surface area (Å²) in [7, 11) is -4.12. The highest BCUT2D eigenvalue weighted by Gasteiger charge is 2.73. The van der Waals surface area contributed by atoms with Crippen molar-refractivity contribution in [2.75, 3.05) is 6.54 Å². The number of β-lactam (4-membered cyclic amide) rings is 1. The fraction of sp³-hybridized carbons (Fsp3) is 0.526. The summed E-state index contributed by atoms with van der Waals surface area (Å²) in [5.74, 6) is -4.55. The molecule has 158 valence electrons. The Bertz CT molecular complexity index is 945. The van der Waals surface area contributed by atoms with Crippen molar-refractivity contribution < 1.29 is 33.0 Å². The number of hydrogen-bond acceptors (Lipinski definition) is 6. The van der Waals surface area contributed by atoms with E-state index in [0.717, 1.165) is 10.5 Å². The van der Waals surface area contributed by atoms with E-state index in [1.54, 1.807) is 31.2 Å². The van der Waals surface area contributed by atoms with Gasteiger partial charge in [-0.3, -0.25) is 9.59 Å². The third kappa shape index (κ3) is 3.01. The molecule has 0 radical (unpaired) electrons. The molecule has 2 aliphatic rings. The lowest BCUT2D eigenvalue weighted by Crippen LogP contribution is -2.68. The van der Waals surface area contributed by atoms with Gasteiger partial charge in [0.1, 0.15) is 23.4 Å². The van der Waals surface area contributed by atoms with Gasteiger partial charge < -0.3 is 20.0 Å². The van der Waals surface area contributed by atoms with E-state index >= 15 is 0 Å². The molecule has 2 saturated heterocycles. The van der Waals surface area contributed by atoms with E-state index in [1.807, 2.05) is 6.07 Å². The third-order valence-electron chi connectivity index (χ3n) is 5.85. The van der Waals surface area contributed by atoms with E-state index in [-0.39, 0.29) is 13.1 Å². The second-order valence-corrected chi connectivity index (χ2v) is 10.5. The number of likely N-dealkylation sites (N-methyl/N-ethyl adjacent to an activating group) is 1. The number of hydrogen-bond donors (Lipinski definition) is 2. The Kier molecular flexibility index (Phi) is 5.20. The zero-order valence-electron chi connectivity index (χ0n) is 16.3. The minimum atomic E-state index is -4.12. The van der Waals surface area contributed by atoms with Crippen molar-refractivity contribution >= 4 is 27.6 Å². The first-order valence-corrected chi connectivity index (χ1v) is 10.8. The van der Waals surface area contributed by atoms with Crippen molar-refractivity contribution in [1.82, 2.24) is 9.80 Å². The average Bonchev–Trinajstić information content (AvgIpc) is 2.80. The topological polar surface area (TPSA) is 132 Å². The number of carbonyl (C=O) groups is 3. The summed E-state index contributed by atoms with van der Waals surface area (Å²) in [6, 6.07) is 7.48. The van der Waals surface area contributed by atoms with Crippen LogP contribution >= 0.6 is 0 Å². The van der Waals surface area contributed by atoms with E-state index < -0.39 is 55.8 Å². The minimum absolute atomic E-state index is 0.193. The molecule has 0 spiro atoms. The summed E-state index contributed by atoms with van der Waals surface area (Å²) >= 11 is 0. The zero-order valence-corrected chi connectivity index (χ0v) is 17.2. The van der Waals surface area contributed by atoms with Gasteiger partial charge in [0.2, 0.25) is 5.91 Å². The molecule has 0 unspecified atom stereocenters. The zero-order chi connectivity index (χ0) is 21.7. The Morgan fingerprint density at radius 3 is 2.34 bits per heavy atom. The predicted octanol–water partition coefficient (Wildman–Crippen LogP) is -0.159. The number of carbonyl (C=O) groups excluding carboxylic acids is 2. The number of fused-ring (bicyclic) bond motifs is 1. The Balaban J connectivity index is 1.86. The van der Waals surface area contributed by atoms with E-state index in [4.69, 9.17) is 0 Å². The number of nitrogens with zero attached hydrogens (tertiary/aromatic N) is 2. The van der Waals surface area contributed by atoms with Crippen LogP contribution in [0.1, 0.15) is 26.3 Å². The maximum atomic E-state index is 12.9. The highest BCUT2D eigenvalue weighted by molar-refractivity contribution is 7.93. The fourth-order valence-electron chi connectivity index (χ4n) is 4.13. The number of amides is 2. The molecular weight excluding hydrogens is 400 g/mol. The van der Waals surface area contributed by atoms with Gasteiger partial charge in [0.15, 0.2) is 9.84 Å². The van der Waals surface area contributed by atoms with Crippen LogP contribution in [-0.2, 0) is 30.8 Å². The largest absolute Gasteiger partial charge is 0.480 e. The molecule has 1 aromatic carbocycles. The number of sulfone groups is 1. The predicted molar refractivity (Wildman–Crippen MR) is 102 cm³/mol. The molecule has 2 amide bonds. The fourth-order valence-corrected chi connectivity index (χ4v) is 6.45. The molecule has 0 aliphatic carbocycles. The second kappa shape index (κ2) is 7.10. The van der Waals surface area contributed by atoms with Gasteiger partial charge in [-0.15, -0.1) is 0 Å². The number of carboxylic acid groups (broad SMARTS) is 1. The Morgan fingerprint density at radius 2 is 1.83 bits per heavy atom. The third-order valence-corrected chi connectivity index (χ3v) is 8.69. The van der Waals surface area contributed by atoms with Gasteiger partial charge in [0.25, 0.3) is 5.91 Å². The van der Waals surface area contributed by atoms with Crippen molar-refractivity contribution in [3.05, 3.63) is 35.9 Å². The van der Waals surface area contributed by atoms with Crippen molar-refractivity contribution in [3.63, 3.8) is 0 Å². The lowest BCUT2D eigenvalue weighted by atomic mass is 9.87. The van der Waals surface area contributed by atoms with Crippen molar-refractivity contribution in [2.45, 2.75) is 49.6 Å². The van der Waals surface area contributed by atoms with E-state index in [2.05, 4.69) is 0 Å². The Labute approximate surface area is 168 Å². The van der Waals surface area contributed by atoms with Crippen LogP contribution in [0, 0.1) is 5.92 Å². The molecule has 2 N–H and O–H groups in total. The number of benzene rings is 1. The van der Waals surface area contributed by atoms with Gasteiger partial charge >= 0.3 is 5.97 Å². The molecule has 29 heavy (non-hydrogen) atoms. The number of aliphatic hydroxyl groups excluding tert-OH is 1. The highest BCUT2D eigenvalue weighted by atomic mass is 32.2. The molecule has 0 bridgehead atoms.